The van der Waals surface area contributed by atoms with Crippen molar-refractivity contribution in [2.75, 3.05) is 10.2 Å². The third-order valence-electron chi connectivity index (χ3n) is 7.44. The smallest absolute Gasteiger partial charge is 0.312 e. The maximum Gasteiger partial charge on any atom is 0.347 e. The van der Waals surface area contributed by atoms with E-state index < -0.39 is 17.7 Å². The normalized spacial score (nSPS) is 17.9. The lowest BCUT2D eigenvalue weighted by atomic mass is 9.97. The number of fused-ring (bicyclic) bond motifs is 2. The molecule has 2 atom stereocenters. The zero-order valence-corrected chi connectivity index (χ0v) is 21.6. The molecule has 0 spiro atoms. The van der Waals surface area contributed by atoms with E-state index in [1.54, 1.807) is 15.9 Å². The van der Waals surface area contributed by atoms with Crippen LogP contribution in [0.1, 0.15) is 34.1 Å². The Balaban J connectivity index is 1.59. The van der Waals surface area contributed by atoms with Crippen molar-refractivity contribution in [1.29, 1.82) is 0 Å². The predicted octanol–water partition coefficient (Wildman–Crippen LogP) is 7.06. The Morgan fingerprint density at radius 1 is 0.946 bits per heavy atom. The molecule has 1 heterocycles. The minimum absolute atomic E-state index is 0.0977. The summed E-state index contributed by atoms with van der Waals surface area (Å²) in [5, 5.41) is 18.7. The van der Waals surface area contributed by atoms with Gasteiger partial charge in [0.05, 0.1) is 16.9 Å². The molecule has 4 aromatic carbocycles. The summed E-state index contributed by atoms with van der Waals surface area (Å²) < 4.78 is 0. The van der Waals surface area contributed by atoms with Gasteiger partial charge in [-0.2, -0.15) is 5.06 Å². The number of carbonyl (C=O) groups excluding carboxylic acids is 2. The number of nitrogens with zero attached hydrogens (tertiary/aromatic N) is 3. The molecule has 1 saturated heterocycles. The molecule has 5 rings (SSSR count). The van der Waals surface area contributed by atoms with Gasteiger partial charge in [-0.25, -0.2) is 9.59 Å². The van der Waals surface area contributed by atoms with Crippen LogP contribution < -0.4 is 10.2 Å². The van der Waals surface area contributed by atoms with Crippen molar-refractivity contribution >= 4 is 45.0 Å². The summed E-state index contributed by atoms with van der Waals surface area (Å²) in [5.41, 5.74) is 0.331. The van der Waals surface area contributed by atoms with Gasteiger partial charge >= 0.3 is 12.1 Å². The van der Waals surface area contributed by atoms with Crippen LogP contribution >= 0.6 is 0 Å². The van der Waals surface area contributed by atoms with E-state index in [1.165, 1.54) is 0 Å². The van der Waals surface area contributed by atoms with Crippen LogP contribution in [0.15, 0.2) is 84.9 Å². The molecule has 37 heavy (non-hydrogen) atoms. The molecule has 0 aliphatic carbocycles. The summed E-state index contributed by atoms with van der Waals surface area (Å²) in [4.78, 5) is 30.9. The third kappa shape index (κ3) is 4.05. The Hall–Kier alpha value is -4.10. The summed E-state index contributed by atoms with van der Waals surface area (Å²) in [6.07, 6.45) is -0.242. The minimum atomic E-state index is -0.977. The Morgan fingerprint density at radius 3 is 2.19 bits per heavy atom. The average molecular weight is 497 g/mol. The van der Waals surface area contributed by atoms with Gasteiger partial charge in [0, 0.05) is 16.8 Å². The molecule has 7 nitrogen and oxygen atoms in total. The number of urea groups is 2. The standard InChI is InChI=1S/C30H32N4O3/c1-5-20(2)33-29(36)32(26-19-11-15-22-13-7-9-17-24(22)26)27(30(33,3)4)34(37)28(35)31-25-18-10-14-21-12-6-8-16-23(21)25/h6-20,27,37H,5H2,1-4H3,(H,31,35). The van der Waals surface area contributed by atoms with E-state index in [0.29, 0.717) is 16.4 Å². The number of benzene rings is 4. The van der Waals surface area contributed by atoms with Crippen molar-refractivity contribution in [3.05, 3.63) is 84.9 Å². The van der Waals surface area contributed by atoms with E-state index in [-0.39, 0.29) is 12.1 Å². The molecule has 0 bridgehead atoms. The SMILES string of the molecule is CCC(C)N1C(=O)N(c2cccc3ccccc23)C(N(O)C(=O)Nc2cccc3ccccc23)C1(C)C. The number of anilines is 2. The Morgan fingerprint density at radius 2 is 1.51 bits per heavy atom. The van der Waals surface area contributed by atoms with Gasteiger partial charge in [-0.3, -0.25) is 10.1 Å². The molecule has 1 aliphatic rings. The van der Waals surface area contributed by atoms with E-state index in [0.717, 1.165) is 28.0 Å². The first-order valence-electron chi connectivity index (χ1n) is 12.6. The topological polar surface area (TPSA) is 76.1 Å². The maximum atomic E-state index is 14.0. The summed E-state index contributed by atoms with van der Waals surface area (Å²) >= 11 is 0. The molecule has 190 valence electrons. The number of rotatable bonds is 5. The largest absolute Gasteiger partial charge is 0.347 e. The summed E-state index contributed by atoms with van der Waals surface area (Å²) in [6.45, 7) is 7.79. The van der Waals surface area contributed by atoms with E-state index in [1.807, 2.05) is 107 Å². The van der Waals surface area contributed by atoms with Gasteiger partial charge in [0.15, 0.2) is 6.17 Å². The average Bonchev–Trinajstić information content (AvgIpc) is 3.12. The zero-order chi connectivity index (χ0) is 26.3. The first kappa shape index (κ1) is 24.6. The quantitative estimate of drug-likeness (QED) is 0.229. The molecule has 4 amide bonds. The van der Waals surface area contributed by atoms with Gasteiger partial charge in [0.25, 0.3) is 0 Å². The van der Waals surface area contributed by atoms with Crippen LogP contribution in [0.3, 0.4) is 0 Å². The fourth-order valence-corrected chi connectivity index (χ4v) is 5.53. The monoisotopic (exact) mass is 496 g/mol. The van der Waals surface area contributed by atoms with E-state index in [4.69, 9.17) is 0 Å². The molecular weight excluding hydrogens is 464 g/mol. The van der Waals surface area contributed by atoms with E-state index >= 15 is 0 Å². The van der Waals surface area contributed by atoms with Crippen LogP contribution in [0.4, 0.5) is 21.0 Å². The van der Waals surface area contributed by atoms with Crippen LogP contribution in [0.25, 0.3) is 21.5 Å². The lowest BCUT2D eigenvalue weighted by Gasteiger charge is -2.40. The number of hydrogen-bond donors (Lipinski definition) is 2. The van der Waals surface area contributed by atoms with Crippen LogP contribution in [0.2, 0.25) is 0 Å². The van der Waals surface area contributed by atoms with Crippen LogP contribution in [-0.2, 0) is 0 Å². The van der Waals surface area contributed by atoms with Gasteiger partial charge in [-0.05, 0) is 50.1 Å². The fraction of sp³-hybridized carbons (Fsp3) is 0.267. The molecule has 7 heteroatoms. The Bertz CT molecular complexity index is 1470. The Labute approximate surface area is 216 Å². The van der Waals surface area contributed by atoms with Gasteiger partial charge in [0.2, 0.25) is 0 Å². The van der Waals surface area contributed by atoms with E-state index in [9.17, 15) is 14.8 Å². The molecular formula is C30H32N4O3. The predicted molar refractivity (Wildman–Crippen MR) is 148 cm³/mol. The highest BCUT2D eigenvalue weighted by Crippen LogP contribution is 2.42. The zero-order valence-electron chi connectivity index (χ0n) is 21.6. The molecule has 1 aliphatic heterocycles. The molecule has 0 saturated carbocycles. The second-order valence-electron chi connectivity index (χ2n) is 10.1. The molecule has 2 unspecified atom stereocenters. The van der Waals surface area contributed by atoms with Gasteiger partial charge in [-0.1, -0.05) is 79.7 Å². The summed E-state index contributed by atoms with van der Waals surface area (Å²) in [7, 11) is 0. The maximum absolute atomic E-state index is 14.0. The van der Waals surface area contributed by atoms with Crippen molar-refractivity contribution in [2.24, 2.45) is 0 Å². The highest BCUT2D eigenvalue weighted by Gasteiger charge is 2.57. The van der Waals surface area contributed by atoms with Crippen molar-refractivity contribution in [1.82, 2.24) is 9.96 Å². The van der Waals surface area contributed by atoms with Gasteiger partial charge < -0.3 is 10.2 Å². The number of hydrogen-bond acceptors (Lipinski definition) is 3. The second-order valence-corrected chi connectivity index (χ2v) is 10.1. The molecule has 0 aromatic heterocycles. The molecule has 4 aromatic rings. The first-order chi connectivity index (χ1) is 17.8. The number of carbonyl (C=O) groups is 2. The number of amides is 4. The second kappa shape index (κ2) is 9.41. The van der Waals surface area contributed by atoms with Crippen molar-refractivity contribution in [3.8, 4) is 0 Å². The van der Waals surface area contributed by atoms with E-state index in [2.05, 4.69) is 5.32 Å². The highest BCUT2D eigenvalue weighted by molar-refractivity contribution is 6.06. The molecule has 0 radical (unpaired) electrons. The summed E-state index contributed by atoms with van der Waals surface area (Å²) in [6, 6.07) is 25.8. The first-order valence-corrected chi connectivity index (χ1v) is 12.6. The van der Waals surface area contributed by atoms with Crippen molar-refractivity contribution in [2.45, 2.75) is 51.9 Å². The van der Waals surface area contributed by atoms with Crippen LogP contribution in [-0.4, -0.2) is 45.0 Å². The lowest BCUT2D eigenvalue weighted by Crippen LogP contribution is -2.59. The summed E-state index contributed by atoms with van der Waals surface area (Å²) in [5.74, 6) is 0. The molecule has 2 N–H and O–H groups in total. The van der Waals surface area contributed by atoms with Gasteiger partial charge in [-0.15, -0.1) is 0 Å². The number of hydroxylamine groups is 2. The molecule has 1 fully saturated rings. The van der Waals surface area contributed by atoms with Crippen molar-refractivity contribution < 1.29 is 14.8 Å². The third-order valence-corrected chi connectivity index (χ3v) is 7.44. The number of nitrogens with one attached hydrogen (secondary N) is 1. The van der Waals surface area contributed by atoms with Gasteiger partial charge in [0.1, 0.15) is 0 Å². The minimum Gasteiger partial charge on any atom is -0.312 e. The van der Waals surface area contributed by atoms with Crippen LogP contribution in [0.5, 0.6) is 0 Å². The highest BCUT2D eigenvalue weighted by atomic mass is 16.5. The fourth-order valence-electron chi connectivity index (χ4n) is 5.53. The van der Waals surface area contributed by atoms with Crippen molar-refractivity contribution in [3.63, 3.8) is 0 Å². The van der Waals surface area contributed by atoms with Crippen LogP contribution in [0, 0.1) is 0 Å². The Kier molecular flexibility index (Phi) is 6.25. The lowest BCUT2D eigenvalue weighted by molar-refractivity contribution is -0.0973.